The van der Waals surface area contributed by atoms with E-state index in [4.69, 9.17) is 11.6 Å². The van der Waals surface area contributed by atoms with Gasteiger partial charge in [-0.05, 0) is 23.8 Å². The van der Waals surface area contributed by atoms with E-state index in [1.165, 1.54) is 23.6 Å². The van der Waals surface area contributed by atoms with Crippen molar-refractivity contribution in [2.24, 2.45) is 0 Å². The van der Waals surface area contributed by atoms with Gasteiger partial charge in [-0.15, -0.1) is 0 Å². The zero-order valence-corrected chi connectivity index (χ0v) is 11.9. The first-order chi connectivity index (χ1) is 9.77. The molecule has 1 heterocycles. The molecule has 0 amide bonds. The lowest BCUT2D eigenvalue weighted by atomic mass is 10.1. The number of halogens is 4. The van der Waals surface area contributed by atoms with Crippen LogP contribution in [0.2, 0.25) is 5.02 Å². The number of anilines is 1. The summed E-state index contributed by atoms with van der Waals surface area (Å²) in [5, 5.41) is 14.6. The Morgan fingerprint density at radius 3 is 2.62 bits per heavy atom. The first kappa shape index (κ1) is 15.6. The highest BCUT2D eigenvalue weighted by Gasteiger charge is 2.33. The molecule has 4 nitrogen and oxygen atoms in total. The first-order valence-corrected chi connectivity index (χ1v) is 6.85. The van der Waals surface area contributed by atoms with Crippen LogP contribution < -0.4 is 5.32 Å². The SMILES string of the molecule is O=[N+]([O-])c1cc(CNc2ccc(Cl)cc2C(F)(F)F)cs1. The topological polar surface area (TPSA) is 55.2 Å². The number of rotatable bonds is 4. The van der Waals surface area contributed by atoms with Crippen molar-refractivity contribution in [1.29, 1.82) is 0 Å². The van der Waals surface area contributed by atoms with Crippen molar-refractivity contribution in [3.05, 3.63) is 55.9 Å². The molecule has 2 aromatic rings. The van der Waals surface area contributed by atoms with Crippen molar-refractivity contribution in [1.82, 2.24) is 0 Å². The summed E-state index contributed by atoms with van der Waals surface area (Å²) in [6.07, 6.45) is -4.53. The number of nitrogens with zero attached hydrogens (tertiary/aromatic N) is 1. The van der Waals surface area contributed by atoms with Crippen molar-refractivity contribution >= 4 is 33.6 Å². The van der Waals surface area contributed by atoms with E-state index < -0.39 is 16.7 Å². The molecule has 2 rings (SSSR count). The molecule has 9 heteroatoms. The van der Waals surface area contributed by atoms with Gasteiger partial charge < -0.3 is 5.32 Å². The second-order valence-electron chi connectivity index (χ2n) is 4.09. The van der Waals surface area contributed by atoms with Gasteiger partial charge in [-0.25, -0.2) is 0 Å². The number of alkyl halides is 3. The van der Waals surface area contributed by atoms with Crippen LogP contribution in [0.1, 0.15) is 11.1 Å². The Hall–Kier alpha value is -1.80. The van der Waals surface area contributed by atoms with Crippen molar-refractivity contribution < 1.29 is 18.1 Å². The molecule has 1 aromatic carbocycles. The molecule has 0 fully saturated rings. The third-order valence-corrected chi connectivity index (χ3v) is 3.75. The zero-order valence-electron chi connectivity index (χ0n) is 10.3. The van der Waals surface area contributed by atoms with Crippen LogP contribution in [0.4, 0.5) is 23.9 Å². The lowest BCUT2D eigenvalue weighted by Gasteiger charge is -2.14. The minimum Gasteiger partial charge on any atom is -0.380 e. The molecule has 0 bridgehead atoms. The molecule has 0 aliphatic rings. The van der Waals surface area contributed by atoms with Gasteiger partial charge in [0.25, 0.3) is 0 Å². The zero-order chi connectivity index (χ0) is 15.6. The summed E-state index contributed by atoms with van der Waals surface area (Å²) in [5.41, 5.74) is -0.463. The van der Waals surface area contributed by atoms with Gasteiger partial charge in [0.1, 0.15) is 0 Å². The van der Waals surface area contributed by atoms with E-state index in [1.807, 2.05) is 0 Å². The minimum atomic E-state index is -4.53. The largest absolute Gasteiger partial charge is 0.418 e. The highest BCUT2D eigenvalue weighted by atomic mass is 35.5. The van der Waals surface area contributed by atoms with Gasteiger partial charge in [0.05, 0.1) is 10.5 Å². The molecule has 1 aromatic heterocycles. The first-order valence-electron chi connectivity index (χ1n) is 5.60. The number of nitro groups is 1. The van der Waals surface area contributed by atoms with Crippen LogP contribution in [0.5, 0.6) is 0 Å². The van der Waals surface area contributed by atoms with Crippen LogP contribution in [0, 0.1) is 10.1 Å². The molecular formula is C12H8ClF3N2O2S. The quantitative estimate of drug-likeness (QED) is 0.635. The van der Waals surface area contributed by atoms with Gasteiger partial charge >= 0.3 is 11.2 Å². The Balaban J connectivity index is 2.18. The van der Waals surface area contributed by atoms with Gasteiger partial charge in [-0.1, -0.05) is 22.9 Å². The van der Waals surface area contributed by atoms with Gasteiger partial charge in [0.2, 0.25) is 0 Å². The Morgan fingerprint density at radius 1 is 1.33 bits per heavy atom. The average molecular weight is 337 g/mol. The second-order valence-corrected chi connectivity index (χ2v) is 5.42. The Bertz CT molecular complexity index is 673. The molecule has 0 aliphatic carbocycles. The van der Waals surface area contributed by atoms with Crippen LogP contribution in [0.3, 0.4) is 0 Å². The number of nitrogens with one attached hydrogen (secondary N) is 1. The highest BCUT2D eigenvalue weighted by molar-refractivity contribution is 7.13. The maximum absolute atomic E-state index is 12.9. The van der Waals surface area contributed by atoms with Crippen molar-refractivity contribution in [3.63, 3.8) is 0 Å². The third kappa shape index (κ3) is 3.85. The number of benzene rings is 1. The van der Waals surface area contributed by atoms with Crippen molar-refractivity contribution in [3.8, 4) is 0 Å². The van der Waals surface area contributed by atoms with Crippen molar-refractivity contribution in [2.75, 3.05) is 5.32 Å². The monoisotopic (exact) mass is 336 g/mol. The predicted octanol–water partition coefficient (Wildman–Crippen LogP) is 4.94. The molecule has 112 valence electrons. The van der Waals surface area contributed by atoms with Crippen LogP contribution in [-0.4, -0.2) is 4.92 Å². The molecule has 1 N–H and O–H groups in total. The molecule has 0 radical (unpaired) electrons. The smallest absolute Gasteiger partial charge is 0.380 e. The number of thiophene rings is 1. The van der Waals surface area contributed by atoms with Gasteiger partial charge in [-0.2, -0.15) is 13.2 Å². The van der Waals surface area contributed by atoms with Crippen LogP contribution >= 0.6 is 22.9 Å². The second kappa shape index (κ2) is 5.90. The van der Waals surface area contributed by atoms with Gasteiger partial charge in [0, 0.05) is 28.7 Å². The summed E-state index contributed by atoms with van der Waals surface area (Å²) >= 11 is 6.50. The fraction of sp³-hybridized carbons (Fsp3) is 0.167. The van der Waals surface area contributed by atoms with E-state index in [-0.39, 0.29) is 22.3 Å². The molecule has 0 saturated heterocycles. The molecular weight excluding hydrogens is 329 g/mol. The summed E-state index contributed by atoms with van der Waals surface area (Å²) in [6, 6.07) is 4.72. The summed E-state index contributed by atoms with van der Waals surface area (Å²) in [7, 11) is 0. The Labute approximate surface area is 126 Å². The fourth-order valence-corrected chi connectivity index (χ4v) is 2.55. The third-order valence-electron chi connectivity index (χ3n) is 2.59. The molecule has 0 aliphatic heterocycles. The highest BCUT2D eigenvalue weighted by Crippen LogP contribution is 2.36. The van der Waals surface area contributed by atoms with Gasteiger partial charge in [-0.3, -0.25) is 10.1 Å². The molecule has 21 heavy (non-hydrogen) atoms. The maximum atomic E-state index is 12.9. The summed E-state index contributed by atoms with van der Waals surface area (Å²) in [4.78, 5) is 10.00. The molecule has 0 unspecified atom stereocenters. The summed E-state index contributed by atoms with van der Waals surface area (Å²) in [6.45, 7) is 0.0506. The Morgan fingerprint density at radius 2 is 2.05 bits per heavy atom. The summed E-state index contributed by atoms with van der Waals surface area (Å²) in [5.74, 6) is 0. The van der Waals surface area contributed by atoms with E-state index in [1.54, 1.807) is 0 Å². The predicted molar refractivity (Wildman–Crippen MR) is 74.8 cm³/mol. The van der Waals surface area contributed by atoms with E-state index >= 15 is 0 Å². The van der Waals surface area contributed by atoms with Crippen molar-refractivity contribution in [2.45, 2.75) is 12.7 Å². The molecule has 0 atom stereocenters. The van der Waals surface area contributed by atoms with Crippen LogP contribution in [0.25, 0.3) is 0 Å². The van der Waals surface area contributed by atoms with E-state index in [0.717, 1.165) is 17.4 Å². The number of hydrogen-bond acceptors (Lipinski definition) is 4. The van der Waals surface area contributed by atoms with E-state index in [0.29, 0.717) is 5.56 Å². The number of hydrogen-bond donors (Lipinski definition) is 1. The standard InChI is InChI=1S/C12H8ClF3N2O2S/c13-8-1-2-10(9(4-8)12(14,15)16)17-5-7-3-11(18(19)20)21-6-7/h1-4,6,17H,5H2. The molecule has 0 spiro atoms. The van der Waals surface area contributed by atoms with E-state index in [2.05, 4.69) is 5.32 Å². The van der Waals surface area contributed by atoms with Gasteiger partial charge in [0.15, 0.2) is 0 Å². The Kier molecular flexibility index (Phi) is 4.38. The minimum absolute atomic E-state index is 0.0148. The van der Waals surface area contributed by atoms with E-state index in [9.17, 15) is 23.3 Å². The average Bonchev–Trinajstić information content (AvgIpc) is 2.85. The summed E-state index contributed by atoms with van der Waals surface area (Å²) < 4.78 is 38.6. The normalized spacial score (nSPS) is 11.4. The lowest BCUT2D eigenvalue weighted by Crippen LogP contribution is -2.10. The van der Waals surface area contributed by atoms with Crippen LogP contribution in [-0.2, 0) is 12.7 Å². The maximum Gasteiger partial charge on any atom is 0.418 e. The fourth-order valence-electron chi connectivity index (χ4n) is 1.65. The van der Waals surface area contributed by atoms with Crippen LogP contribution in [0.15, 0.2) is 29.6 Å². The lowest BCUT2D eigenvalue weighted by molar-refractivity contribution is -0.380. The molecule has 0 saturated carbocycles.